The van der Waals surface area contributed by atoms with E-state index in [0.29, 0.717) is 12.0 Å². The average molecular weight is 198 g/mol. The van der Waals surface area contributed by atoms with Crippen molar-refractivity contribution in [3.8, 4) is 0 Å². The minimum Gasteiger partial charge on any atom is -0.351 e. The molecule has 1 aliphatic heterocycles. The van der Waals surface area contributed by atoms with E-state index in [1.165, 1.54) is 0 Å². The third kappa shape index (κ3) is 2.27. The molecule has 0 aliphatic carbocycles. The number of piperazine rings is 1. The van der Waals surface area contributed by atoms with Crippen molar-refractivity contribution >= 4 is 5.91 Å². The first kappa shape index (κ1) is 11.5. The molecule has 2 unspecified atom stereocenters. The molecule has 1 rings (SSSR count). The summed E-state index contributed by atoms with van der Waals surface area (Å²) in [6.45, 7) is 11.5. The summed E-state index contributed by atoms with van der Waals surface area (Å²) in [6.07, 6.45) is 0. The fourth-order valence-electron chi connectivity index (χ4n) is 2.17. The number of amides is 1. The molecule has 2 atom stereocenters. The zero-order valence-electron chi connectivity index (χ0n) is 9.87. The highest BCUT2D eigenvalue weighted by molar-refractivity contribution is 5.83. The van der Waals surface area contributed by atoms with Crippen LogP contribution < -0.4 is 5.32 Å². The summed E-state index contributed by atoms with van der Waals surface area (Å²) in [6, 6.07) is 0.766. The summed E-state index contributed by atoms with van der Waals surface area (Å²) < 4.78 is 0. The van der Waals surface area contributed by atoms with E-state index in [1.807, 2.05) is 0 Å². The maximum Gasteiger partial charge on any atom is 0.237 e. The third-order valence-corrected chi connectivity index (χ3v) is 2.79. The van der Waals surface area contributed by atoms with E-state index in [-0.39, 0.29) is 18.0 Å². The van der Waals surface area contributed by atoms with Crippen molar-refractivity contribution in [2.75, 3.05) is 6.54 Å². The lowest BCUT2D eigenvalue weighted by Crippen LogP contribution is -2.62. The van der Waals surface area contributed by atoms with Gasteiger partial charge in [0.15, 0.2) is 0 Å². The fourth-order valence-corrected chi connectivity index (χ4v) is 2.17. The SMILES string of the molecule is CC1CN(C(C)C)C(C(C)C)C(=O)N1. The Balaban J connectivity index is 2.81. The van der Waals surface area contributed by atoms with Crippen LogP contribution in [0.3, 0.4) is 0 Å². The summed E-state index contributed by atoms with van der Waals surface area (Å²) >= 11 is 0. The summed E-state index contributed by atoms with van der Waals surface area (Å²) in [5.74, 6) is 0.567. The van der Waals surface area contributed by atoms with Crippen LogP contribution in [-0.2, 0) is 4.79 Å². The molecule has 0 aromatic rings. The average Bonchev–Trinajstić information content (AvgIpc) is 2.01. The van der Waals surface area contributed by atoms with Crippen LogP contribution >= 0.6 is 0 Å². The van der Waals surface area contributed by atoms with Gasteiger partial charge in [0, 0.05) is 18.6 Å². The molecule has 1 N–H and O–H groups in total. The van der Waals surface area contributed by atoms with Crippen molar-refractivity contribution in [3.63, 3.8) is 0 Å². The van der Waals surface area contributed by atoms with Crippen molar-refractivity contribution < 1.29 is 4.79 Å². The van der Waals surface area contributed by atoms with Crippen molar-refractivity contribution in [2.24, 2.45) is 5.92 Å². The van der Waals surface area contributed by atoms with E-state index in [1.54, 1.807) is 0 Å². The second kappa shape index (κ2) is 4.30. The fraction of sp³-hybridized carbons (Fsp3) is 0.909. The summed E-state index contributed by atoms with van der Waals surface area (Å²) in [4.78, 5) is 14.1. The van der Waals surface area contributed by atoms with E-state index < -0.39 is 0 Å². The molecule has 0 spiro atoms. The molecule has 0 saturated carbocycles. The number of carbonyl (C=O) groups is 1. The number of carbonyl (C=O) groups excluding carboxylic acids is 1. The molecular formula is C11H22N2O. The van der Waals surface area contributed by atoms with Gasteiger partial charge < -0.3 is 5.32 Å². The van der Waals surface area contributed by atoms with Crippen LogP contribution in [0.25, 0.3) is 0 Å². The zero-order chi connectivity index (χ0) is 10.9. The van der Waals surface area contributed by atoms with Gasteiger partial charge in [0.2, 0.25) is 5.91 Å². The molecule has 82 valence electrons. The standard InChI is InChI=1S/C11H22N2O/c1-7(2)10-11(14)12-9(5)6-13(10)8(3)4/h7-10H,6H2,1-5H3,(H,12,14). The van der Waals surface area contributed by atoms with Crippen LogP contribution in [0.2, 0.25) is 0 Å². The predicted molar refractivity (Wildman–Crippen MR) is 58.1 cm³/mol. The van der Waals surface area contributed by atoms with Crippen molar-refractivity contribution in [1.82, 2.24) is 10.2 Å². The van der Waals surface area contributed by atoms with Gasteiger partial charge in [-0.3, -0.25) is 9.69 Å². The summed E-state index contributed by atoms with van der Waals surface area (Å²) in [5.41, 5.74) is 0. The molecule has 1 fully saturated rings. The van der Waals surface area contributed by atoms with E-state index in [0.717, 1.165) is 6.54 Å². The van der Waals surface area contributed by atoms with Crippen LogP contribution in [0.5, 0.6) is 0 Å². The van der Waals surface area contributed by atoms with Gasteiger partial charge in [-0.2, -0.15) is 0 Å². The van der Waals surface area contributed by atoms with Crippen molar-refractivity contribution in [1.29, 1.82) is 0 Å². The van der Waals surface area contributed by atoms with Gasteiger partial charge in [0.1, 0.15) is 0 Å². The first-order chi connectivity index (χ1) is 6.43. The van der Waals surface area contributed by atoms with Gasteiger partial charge >= 0.3 is 0 Å². The molecule has 0 radical (unpaired) electrons. The van der Waals surface area contributed by atoms with Gasteiger partial charge in [-0.15, -0.1) is 0 Å². The van der Waals surface area contributed by atoms with E-state index in [9.17, 15) is 4.79 Å². The lowest BCUT2D eigenvalue weighted by molar-refractivity contribution is -0.133. The third-order valence-electron chi connectivity index (χ3n) is 2.79. The zero-order valence-corrected chi connectivity index (χ0v) is 9.87. The van der Waals surface area contributed by atoms with Crippen LogP contribution in [-0.4, -0.2) is 35.5 Å². The minimum atomic E-state index is 0.0474. The van der Waals surface area contributed by atoms with Gasteiger partial charge in [-0.25, -0.2) is 0 Å². The van der Waals surface area contributed by atoms with Crippen LogP contribution in [0.4, 0.5) is 0 Å². The maximum atomic E-state index is 11.8. The number of hydrogen-bond acceptors (Lipinski definition) is 2. The van der Waals surface area contributed by atoms with E-state index >= 15 is 0 Å². The molecule has 3 heteroatoms. The Labute approximate surface area is 86.9 Å². The Morgan fingerprint density at radius 3 is 2.36 bits per heavy atom. The van der Waals surface area contributed by atoms with E-state index in [2.05, 4.69) is 44.8 Å². The number of rotatable bonds is 2. The highest BCUT2D eigenvalue weighted by Crippen LogP contribution is 2.18. The number of nitrogens with zero attached hydrogens (tertiary/aromatic N) is 1. The topological polar surface area (TPSA) is 32.3 Å². The lowest BCUT2D eigenvalue weighted by Gasteiger charge is -2.42. The van der Waals surface area contributed by atoms with Gasteiger partial charge in [0.25, 0.3) is 0 Å². The van der Waals surface area contributed by atoms with E-state index in [4.69, 9.17) is 0 Å². The largest absolute Gasteiger partial charge is 0.351 e. The Kier molecular flexibility index (Phi) is 3.53. The Bertz CT molecular complexity index is 213. The summed E-state index contributed by atoms with van der Waals surface area (Å²) in [5, 5.41) is 3.01. The first-order valence-corrected chi connectivity index (χ1v) is 5.49. The molecule has 0 bridgehead atoms. The molecule has 14 heavy (non-hydrogen) atoms. The van der Waals surface area contributed by atoms with Crippen LogP contribution in [0.15, 0.2) is 0 Å². The Morgan fingerprint density at radius 1 is 1.36 bits per heavy atom. The van der Waals surface area contributed by atoms with Crippen molar-refractivity contribution in [2.45, 2.75) is 52.7 Å². The molecule has 1 saturated heterocycles. The lowest BCUT2D eigenvalue weighted by atomic mass is 9.96. The molecular weight excluding hydrogens is 176 g/mol. The molecule has 0 aromatic heterocycles. The smallest absolute Gasteiger partial charge is 0.237 e. The quantitative estimate of drug-likeness (QED) is 0.724. The Hall–Kier alpha value is -0.570. The highest BCUT2D eigenvalue weighted by Gasteiger charge is 2.35. The second-order valence-corrected chi connectivity index (χ2v) is 4.89. The maximum absolute atomic E-state index is 11.8. The van der Waals surface area contributed by atoms with Gasteiger partial charge in [0.05, 0.1) is 6.04 Å². The molecule has 1 aliphatic rings. The number of hydrogen-bond donors (Lipinski definition) is 1. The molecule has 0 aromatic carbocycles. The summed E-state index contributed by atoms with van der Waals surface area (Å²) in [7, 11) is 0. The monoisotopic (exact) mass is 198 g/mol. The molecule has 3 nitrogen and oxygen atoms in total. The van der Waals surface area contributed by atoms with Gasteiger partial charge in [-0.1, -0.05) is 13.8 Å². The molecule has 1 heterocycles. The highest BCUT2D eigenvalue weighted by atomic mass is 16.2. The molecule has 1 amide bonds. The number of nitrogens with one attached hydrogen (secondary N) is 1. The van der Waals surface area contributed by atoms with Crippen molar-refractivity contribution in [3.05, 3.63) is 0 Å². The first-order valence-electron chi connectivity index (χ1n) is 5.49. The normalized spacial score (nSPS) is 29.8. The van der Waals surface area contributed by atoms with Crippen LogP contribution in [0.1, 0.15) is 34.6 Å². The van der Waals surface area contributed by atoms with Gasteiger partial charge in [-0.05, 0) is 26.7 Å². The Morgan fingerprint density at radius 2 is 1.93 bits per heavy atom. The predicted octanol–water partition coefficient (Wildman–Crippen LogP) is 1.24. The van der Waals surface area contributed by atoms with Crippen LogP contribution in [0, 0.1) is 5.92 Å². The minimum absolute atomic E-state index is 0.0474. The second-order valence-electron chi connectivity index (χ2n) is 4.89.